The zero-order valence-electron chi connectivity index (χ0n) is 17.3. The molecule has 8 heteroatoms. The summed E-state index contributed by atoms with van der Waals surface area (Å²) >= 11 is 8.00. The molecule has 1 fully saturated rings. The molecule has 162 valence electrons. The average molecular weight is 466 g/mol. The molecule has 3 heterocycles. The number of benzene rings is 2. The van der Waals surface area contributed by atoms with Crippen LogP contribution in [0.3, 0.4) is 0 Å². The molecule has 2 aromatic heterocycles. The van der Waals surface area contributed by atoms with Crippen LogP contribution in [0.15, 0.2) is 60.9 Å². The number of aromatic nitrogens is 3. The number of thioether (sulfide) groups is 1. The minimum absolute atomic E-state index is 0.0597. The SMILES string of the molecule is Fc1ccc(Nc2nc(-c3cccnc3)nc3ccc(CN4CCSCC4)cc23)cc1Cl. The first kappa shape index (κ1) is 21.1. The van der Waals surface area contributed by atoms with Gasteiger partial charge in [-0.25, -0.2) is 14.4 Å². The molecule has 0 bridgehead atoms. The van der Waals surface area contributed by atoms with Crippen molar-refractivity contribution in [2.75, 3.05) is 29.9 Å². The Morgan fingerprint density at radius 1 is 1.06 bits per heavy atom. The number of hydrogen-bond acceptors (Lipinski definition) is 6. The van der Waals surface area contributed by atoms with E-state index in [4.69, 9.17) is 21.6 Å². The molecular weight excluding hydrogens is 445 g/mol. The standard InChI is InChI=1S/C24H21ClFN5S/c25-20-13-18(4-5-21(20)26)28-24-19-12-16(15-31-8-10-32-11-9-31)3-6-22(19)29-23(30-24)17-2-1-7-27-14-17/h1-7,12-14H,8-11,15H2,(H,28,29,30). The molecule has 5 nitrogen and oxygen atoms in total. The van der Waals surface area contributed by atoms with E-state index in [9.17, 15) is 4.39 Å². The minimum Gasteiger partial charge on any atom is -0.340 e. The maximum absolute atomic E-state index is 13.7. The molecule has 5 rings (SSSR count). The highest BCUT2D eigenvalue weighted by atomic mass is 35.5. The Hall–Kier alpha value is -2.74. The van der Waals surface area contributed by atoms with Gasteiger partial charge in [-0.2, -0.15) is 11.8 Å². The van der Waals surface area contributed by atoms with Gasteiger partial charge in [-0.15, -0.1) is 0 Å². The van der Waals surface area contributed by atoms with Gasteiger partial charge in [0.25, 0.3) is 0 Å². The molecule has 0 unspecified atom stereocenters. The van der Waals surface area contributed by atoms with Gasteiger partial charge in [0.15, 0.2) is 5.82 Å². The monoisotopic (exact) mass is 465 g/mol. The summed E-state index contributed by atoms with van der Waals surface area (Å²) in [5, 5.41) is 4.28. The lowest BCUT2D eigenvalue weighted by molar-refractivity contribution is 0.295. The van der Waals surface area contributed by atoms with Crippen LogP contribution in [0.25, 0.3) is 22.3 Å². The summed E-state index contributed by atoms with van der Waals surface area (Å²) in [7, 11) is 0. The highest BCUT2D eigenvalue weighted by Gasteiger charge is 2.14. The van der Waals surface area contributed by atoms with Crippen LogP contribution in [0.5, 0.6) is 0 Å². The molecule has 1 aliphatic heterocycles. The van der Waals surface area contributed by atoms with Crippen LogP contribution >= 0.6 is 23.4 Å². The fraction of sp³-hybridized carbons (Fsp3) is 0.208. The smallest absolute Gasteiger partial charge is 0.163 e. The van der Waals surface area contributed by atoms with E-state index in [1.165, 1.54) is 23.1 Å². The van der Waals surface area contributed by atoms with Gasteiger partial charge in [-0.1, -0.05) is 17.7 Å². The van der Waals surface area contributed by atoms with E-state index < -0.39 is 5.82 Å². The summed E-state index contributed by atoms with van der Waals surface area (Å²) in [6.45, 7) is 3.08. The van der Waals surface area contributed by atoms with E-state index >= 15 is 0 Å². The van der Waals surface area contributed by atoms with Gasteiger partial charge in [0.2, 0.25) is 0 Å². The van der Waals surface area contributed by atoms with Crippen molar-refractivity contribution in [1.29, 1.82) is 0 Å². The molecular formula is C24H21ClFN5S. The summed E-state index contributed by atoms with van der Waals surface area (Å²) in [6.07, 6.45) is 3.46. The first-order valence-corrected chi connectivity index (χ1v) is 11.9. The molecule has 1 saturated heterocycles. The van der Waals surface area contributed by atoms with Crippen molar-refractivity contribution in [2.24, 2.45) is 0 Å². The number of nitrogens with zero attached hydrogens (tertiary/aromatic N) is 4. The molecule has 0 atom stereocenters. The summed E-state index contributed by atoms with van der Waals surface area (Å²) in [6, 6.07) is 14.6. The van der Waals surface area contributed by atoms with Crippen LogP contribution in [-0.2, 0) is 6.54 Å². The quantitative estimate of drug-likeness (QED) is 0.403. The molecule has 4 aromatic rings. The number of nitrogens with one attached hydrogen (secondary N) is 1. The topological polar surface area (TPSA) is 53.9 Å². The third-order valence-electron chi connectivity index (χ3n) is 5.37. The summed E-state index contributed by atoms with van der Waals surface area (Å²) in [5.41, 5.74) is 3.52. The molecule has 32 heavy (non-hydrogen) atoms. The molecule has 0 aliphatic carbocycles. The first-order valence-electron chi connectivity index (χ1n) is 10.4. The number of fused-ring (bicyclic) bond motifs is 1. The van der Waals surface area contributed by atoms with E-state index in [1.54, 1.807) is 24.5 Å². The largest absolute Gasteiger partial charge is 0.340 e. The van der Waals surface area contributed by atoms with Crippen molar-refractivity contribution < 1.29 is 4.39 Å². The molecule has 0 spiro atoms. The average Bonchev–Trinajstić information content (AvgIpc) is 2.83. The highest BCUT2D eigenvalue weighted by Crippen LogP contribution is 2.30. The van der Waals surface area contributed by atoms with E-state index in [0.717, 1.165) is 36.1 Å². The predicted octanol–water partition coefficient (Wildman–Crippen LogP) is 5.78. The molecule has 0 amide bonds. The van der Waals surface area contributed by atoms with Crippen molar-refractivity contribution in [2.45, 2.75) is 6.54 Å². The zero-order valence-corrected chi connectivity index (χ0v) is 18.8. The van der Waals surface area contributed by atoms with Gasteiger partial charge in [-0.05, 0) is 48.0 Å². The first-order chi connectivity index (χ1) is 15.7. The second-order valence-corrected chi connectivity index (χ2v) is 9.26. The summed E-state index contributed by atoms with van der Waals surface area (Å²) in [5.74, 6) is 3.10. The van der Waals surface area contributed by atoms with E-state index in [2.05, 4.69) is 27.3 Å². The summed E-state index contributed by atoms with van der Waals surface area (Å²) in [4.78, 5) is 16.2. The Labute approximate surface area is 195 Å². The lowest BCUT2D eigenvalue weighted by Crippen LogP contribution is -2.31. The van der Waals surface area contributed by atoms with Gasteiger partial charge >= 0.3 is 0 Å². The number of anilines is 2. The van der Waals surface area contributed by atoms with Crippen molar-refractivity contribution >= 4 is 45.8 Å². The molecule has 1 N–H and O–H groups in total. The predicted molar refractivity (Wildman–Crippen MR) is 130 cm³/mol. The second-order valence-electron chi connectivity index (χ2n) is 7.63. The zero-order chi connectivity index (χ0) is 21.9. The fourth-order valence-corrected chi connectivity index (χ4v) is 4.88. The third-order valence-corrected chi connectivity index (χ3v) is 6.60. The highest BCUT2D eigenvalue weighted by molar-refractivity contribution is 7.99. The molecule has 2 aromatic carbocycles. The molecule has 0 saturated carbocycles. The number of halogens is 2. The maximum Gasteiger partial charge on any atom is 0.163 e. The van der Waals surface area contributed by atoms with Crippen molar-refractivity contribution in [3.05, 3.63) is 77.3 Å². The van der Waals surface area contributed by atoms with Gasteiger partial charge in [0.1, 0.15) is 11.6 Å². The van der Waals surface area contributed by atoms with Crippen LogP contribution in [0.1, 0.15) is 5.56 Å². The van der Waals surface area contributed by atoms with E-state index in [0.29, 0.717) is 17.3 Å². The fourth-order valence-electron chi connectivity index (χ4n) is 3.72. The Bertz CT molecular complexity index is 1250. The summed E-state index contributed by atoms with van der Waals surface area (Å²) < 4.78 is 13.7. The van der Waals surface area contributed by atoms with E-state index in [-0.39, 0.29) is 5.02 Å². The van der Waals surface area contributed by atoms with Crippen LogP contribution < -0.4 is 5.32 Å². The Morgan fingerprint density at radius 3 is 2.72 bits per heavy atom. The maximum atomic E-state index is 13.7. The van der Waals surface area contributed by atoms with Crippen molar-refractivity contribution in [1.82, 2.24) is 19.9 Å². The molecule has 1 aliphatic rings. The Kier molecular flexibility index (Phi) is 6.21. The van der Waals surface area contributed by atoms with Gasteiger partial charge in [0, 0.05) is 60.2 Å². The van der Waals surface area contributed by atoms with Crippen LogP contribution in [-0.4, -0.2) is 44.4 Å². The number of rotatable bonds is 5. The van der Waals surface area contributed by atoms with E-state index in [1.807, 2.05) is 30.0 Å². The Balaban J connectivity index is 1.57. The van der Waals surface area contributed by atoms with Gasteiger partial charge in [-0.3, -0.25) is 9.88 Å². The lowest BCUT2D eigenvalue weighted by atomic mass is 10.1. The Morgan fingerprint density at radius 2 is 1.94 bits per heavy atom. The van der Waals surface area contributed by atoms with Gasteiger partial charge in [0.05, 0.1) is 10.5 Å². The second kappa shape index (κ2) is 9.40. The number of hydrogen-bond donors (Lipinski definition) is 1. The normalized spacial score (nSPS) is 14.6. The van der Waals surface area contributed by atoms with Gasteiger partial charge < -0.3 is 5.32 Å². The lowest BCUT2D eigenvalue weighted by Gasteiger charge is -2.26. The van der Waals surface area contributed by atoms with Crippen LogP contribution in [0.4, 0.5) is 15.9 Å². The minimum atomic E-state index is -0.456. The van der Waals surface area contributed by atoms with Crippen LogP contribution in [0.2, 0.25) is 5.02 Å². The van der Waals surface area contributed by atoms with Crippen LogP contribution in [0, 0.1) is 5.82 Å². The van der Waals surface area contributed by atoms with Crippen molar-refractivity contribution in [3.8, 4) is 11.4 Å². The third kappa shape index (κ3) is 4.70. The van der Waals surface area contributed by atoms with Crippen molar-refractivity contribution in [3.63, 3.8) is 0 Å². The number of pyridine rings is 1. The molecule has 0 radical (unpaired) electrons.